The van der Waals surface area contributed by atoms with E-state index >= 15 is 0 Å². The molecular formula is C12H24N2O2. The summed E-state index contributed by atoms with van der Waals surface area (Å²) in [6.45, 7) is 5.57. The van der Waals surface area contributed by atoms with Gasteiger partial charge in [-0.15, -0.1) is 0 Å². The van der Waals surface area contributed by atoms with Crippen molar-refractivity contribution in [2.24, 2.45) is 17.4 Å². The van der Waals surface area contributed by atoms with Crippen molar-refractivity contribution in [3.8, 4) is 0 Å². The fraction of sp³-hybridized carbons (Fsp3) is 0.917. The summed E-state index contributed by atoms with van der Waals surface area (Å²) in [5.74, 6) is -0.0531. The molecule has 4 nitrogen and oxygen atoms in total. The van der Waals surface area contributed by atoms with Gasteiger partial charge in [0.25, 0.3) is 0 Å². The van der Waals surface area contributed by atoms with Crippen LogP contribution >= 0.6 is 0 Å². The SMILES string of the molecule is CC(C)(C)OC(=O)[C@@H](N)C1CCC(N)CC1. The first-order valence-electron chi connectivity index (χ1n) is 6.03. The number of hydrogen-bond acceptors (Lipinski definition) is 4. The Kier molecular flexibility index (Phi) is 4.33. The van der Waals surface area contributed by atoms with E-state index in [9.17, 15) is 4.79 Å². The van der Waals surface area contributed by atoms with E-state index in [1.165, 1.54) is 0 Å². The van der Waals surface area contributed by atoms with E-state index in [2.05, 4.69) is 0 Å². The van der Waals surface area contributed by atoms with Crippen LogP contribution in [-0.2, 0) is 9.53 Å². The van der Waals surface area contributed by atoms with Gasteiger partial charge in [0.05, 0.1) is 0 Å². The minimum atomic E-state index is -0.494. The van der Waals surface area contributed by atoms with Crippen molar-refractivity contribution in [2.75, 3.05) is 0 Å². The summed E-state index contributed by atoms with van der Waals surface area (Å²) in [4.78, 5) is 11.8. The number of ether oxygens (including phenoxy) is 1. The zero-order valence-electron chi connectivity index (χ0n) is 10.5. The number of carbonyl (C=O) groups excluding carboxylic acids is 1. The van der Waals surface area contributed by atoms with E-state index in [1.54, 1.807) is 0 Å². The number of esters is 1. The second-order valence-electron chi connectivity index (χ2n) is 5.73. The maximum Gasteiger partial charge on any atom is 0.323 e. The minimum absolute atomic E-state index is 0.231. The van der Waals surface area contributed by atoms with Crippen LogP contribution in [-0.4, -0.2) is 23.7 Å². The first-order valence-corrected chi connectivity index (χ1v) is 6.03. The predicted octanol–water partition coefficient (Wildman–Crippen LogP) is 1.17. The van der Waals surface area contributed by atoms with Crippen molar-refractivity contribution < 1.29 is 9.53 Å². The minimum Gasteiger partial charge on any atom is -0.459 e. The molecule has 1 fully saturated rings. The Hall–Kier alpha value is -0.610. The Morgan fingerprint density at radius 3 is 2.19 bits per heavy atom. The number of rotatable bonds is 2. The average Bonchev–Trinajstić information content (AvgIpc) is 2.15. The molecule has 1 aliphatic rings. The summed E-state index contributed by atoms with van der Waals surface area (Å²) >= 11 is 0. The van der Waals surface area contributed by atoms with E-state index in [1.807, 2.05) is 20.8 Å². The highest BCUT2D eigenvalue weighted by molar-refractivity contribution is 5.76. The maximum atomic E-state index is 11.8. The third-order valence-electron chi connectivity index (χ3n) is 3.00. The van der Waals surface area contributed by atoms with Crippen LogP contribution in [0.1, 0.15) is 46.5 Å². The van der Waals surface area contributed by atoms with Gasteiger partial charge in [-0.1, -0.05) is 0 Å². The van der Waals surface area contributed by atoms with Gasteiger partial charge in [-0.05, 0) is 52.4 Å². The van der Waals surface area contributed by atoms with Gasteiger partial charge in [0.15, 0.2) is 0 Å². The lowest BCUT2D eigenvalue weighted by Gasteiger charge is -2.31. The van der Waals surface area contributed by atoms with Crippen LogP contribution < -0.4 is 11.5 Å². The van der Waals surface area contributed by atoms with Gasteiger partial charge in [0.1, 0.15) is 11.6 Å². The van der Waals surface area contributed by atoms with Crippen LogP contribution in [0.25, 0.3) is 0 Å². The smallest absolute Gasteiger partial charge is 0.323 e. The Labute approximate surface area is 97.7 Å². The molecule has 16 heavy (non-hydrogen) atoms. The molecule has 0 aromatic heterocycles. The molecule has 1 atom stereocenters. The van der Waals surface area contributed by atoms with Gasteiger partial charge in [-0.2, -0.15) is 0 Å². The van der Waals surface area contributed by atoms with Gasteiger partial charge >= 0.3 is 5.97 Å². The molecular weight excluding hydrogens is 204 g/mol. The van der Waals surface area contributed by atoms with E-state index < -0.39 is 11.6 Å². The molecule has 0 aromatic carbocycles. The van der Waals surface area contributed by atoms with Gasteiger partial charge in [-0.25, -0.2) is 0 Å². The fourth-order valence-corrected chi connectivity index (χ4v) is 2.07. The van der Waals surface area contributed by atoms with Crippen LogP contribution in [0.3, 0.4) is 0 Å². The van der Waals surface area contributed by atoms with Crippen LogP contribution in [0.4, 0.5) is 0 Å². The van der Waals surface area contributed by atoms with E-state index in [0.717, 1.165) is 25.7 Å². The third-order valence-corrected chi connectivity index (χ3v) is 3.00. The lowest BCUT2D eigenvalue weighted by Crippen LogP contribution is -2.44. The number of hydrogen-bond donors (Lipinski definition) is 2. The lowest BCUT2D eigenvalue weighted by atomic mass is 9.82. The first kappa shape index (κ1) is 13.5. The molecule has 94 valence electrons. The Morgan fingerprint density at radius 1 is 1.25 bits per heavy atom. The van der Waals surface area contributed by atoms with Crippen molar-refractivity contribution in [1.29, 1.82) is 0 Å². The molecule has 0 spiro atoms. The van der Waals surface area contributed by atoms with Crippen molar-refractivity contribution in [3.05, 3.63) is 0 Å². The zero-order chi connectivity index (χ0) is 12.3. The molecule has 1 rings (SSSR count). The van der Waals surface area contributed by atoms with Crippen LogP contribution in [0.15, 0.2) is 0 Å². The molecule has 1 aliphatic carbocycles. The first-order chi connectivity index (χ1) is 7.29. The molecule has 0 radical (unpaired) electrons. The quantitative estimate of drug-likeness (QED) is 0.695. The standard InChI is InChI=1S/C12H24N2O2/c1-12(2,3)16-11(15)10(14)8-4-6-9(13)7-5-8/h8-10H,4-7,13-14H2,1-3H3/t8?,9?,10-/m0/s1. The Morgan fingerprint density at radius 2 is 1.75 bits per heavy atom. The summed E-state index contributed by atoms with van der Waals surface area (Å²) in [6.07, 6.45) is 3.78. The second-order valence-corrected chi connectivity index (χ2v) is 5.73. The Balaban J connectivity index is 2.45. The van der Waals surface area contributed by atoms with Gasteiger partial charge < -0.3 is 16.2 Å². The van der Waals surface area contributed by atoms with Gasteiger partial charge in [0, 0.05) is 6.04 Å². The summed E-state index contributed by atoms with van der Waals surface area (Å²) < 4.78 is 5.28. The molecule has 0 aliphatic heterocycles. The normalized spacial score (nSPS) is 28.6. The summed E-state index contributed by atoms with van der Waals surface area (Å²) in [5, 5.41) is 0. The molecule has 4 N–H and O–H groups in total. The van der Waals surface area contributed by atoms with Crippen molar-refractivity contribution in [2.45, 2.75) is 64.1 Å². The molecule has 0 bridgehead atoms. The van der Waals surface area contributed by atoms with E-state index in [-0.39, 0.29) is 17.9 Å². The third kappa shape index (κ3) is 4.10. The maximum absolute atomic E-state index is 11.8. The largest absolute Gasteiger partial charge is 0.459 e. The molecule has 4 heteroatoms. The highest BCUT2D eigenvalue weighted by atomic mass is 16.6. The van der Waals surface area contributed by atoms with Crippen molar-refractivity contribution in [3.63, 3.8) is 0 Å². The number of nitrogens with two attached hydrogens (primary N) is 2. The van der Waals surface area contributed by atoms with E-state index in [0.29, 0.717) is 0 Å². The molecule has 0 saturated heterocycles. The van der Waals surface area contributed by atoms with Crippen molar-refractivity contribution >= 4 is 5.97 Å². The summed E-state index contributed by atoms with van der Waals surface area (Å²) in [7, 11) is 0. The molecule has 1 saturated carbocycles. The Bertz CT molecular complexity index is 240. The molecule has 0 unspecified atom stereocenters. The van der Waals surface area contributed by atoms with Gasteiger partial charge in [-0.3, -0.25) is 4.79 Å². The highest BCUT2D eigenvalue weighted by Crippen LogP contribution is 2.26. The monoisotopic (exact) mass is 228 g/mol. The predicted molar refractivity (Wildman–Crippen MR) is 63.8 cm³/mol. The van der Waals surface area contributed by atoms with Crippen molar-refractivity contribution in [1.82, 2.24) is 0 Å². The van der Waals surface area contributed by atoms with Crippen LogP contribution in [0, 0.1) is 5.92 Å². The van der Waals surface area contributed by atoms with Crippen LogP contribution in [0.2, 0.25) is 0 Å². The number of carbonyl (C=O) groups is 1. The fourth-order valence-electron chi connectivity index (χ4n) is 2.07. The van der Waals surface area contributed by atoms with Gasteiger partial charge in [0.2, 0.25) is 0 Å². The average molecular weight is 228 g/mol. The molecule has 0 heterocycles. The zero-order valence-corrected chi connectivity index (χ0v) is 10.5. The molecule has 0 amide bonds. The topological polar surface area (TPSA) is 78.3 Å². The second kappa shape index (κ2) is 5.15. The summed E-state index contributed by atoms with van der Waals surface area (Å²) in [6, 6.07) is -0.214. The summed E-state index contributed by atoms with van der Waals surface area (Å²) in [5.41, 5.74) is 11.3. The lowest BCUT2D eigenvalue weighted by molar-refractivity contribution is -0.158. The van der Waals surface area contributed by atoms with E-state index in [4.69, 9.17) is 16.2 Å². The van der Waals surface area contributed by atoms with Crippen LogP contribution in [0.5, 0.6) is 0 Å². The highest BCUT2D eigenvalue weighted by Gasteiger charge is 2.31. The molecule has 0 aromatic rings.